The summed E-state index contributed by atoms with van der Waals surface area (Å²) in [6.45, 7) is 9.00. The first-order chi connectivity index (χ1) is 17.9. The van der Waals surface area contributed by atoms with Crippen molar-refractivity contribution in [1.82, 2.24) is 20.9 Å². The number of carbonyl (C=O) groups is 2. The lowest BCUT2D eigenvalue weighted by Gasteiger charge is -2.28. The summed E-state index contributed by atoms with van der Waals surface area (Å²) in [7, 11) is 0. The molecule has 37 heavy (non-hydrogen) atoms. The van der Waals surface area contributed by atoms with Gasteiger partial charge in [0.25, 0.3) is 0 Å². The average Bonchev–Trinajstić information content (AvgIpc) is 3.04. The van der Waals surface area contributed by atoms with Gasteiger partial charge in [0.15, 0.2) is 0 Å². The number of carbonyl (C=O) groups excluding carboxylic acids is 2. The molecule has 1 heterocycles. The van der Waals surface area contributed by atoms with E-state index >= 15 is 0 Å². The summed E-state index contributed by atoms with van der Waals surface area (Å²) in [5.41, 5.74) is 2.18. The Labute approximate surface area is 226 Å². The van der Waals surface area contributed by atoms with E-state index in [2.05, 4.69) is 61.0 Å². The fourth-order valence-corrected chi connectivity index (χ4v) is 4.76. The van der Waals surface area contributed by atoms with Crippen LogP contribution in [-0.2, 0) is 9.59 Å². The van der Waals surface area contributed by atoms with E-state index in [1.165, 1.54) is 11.6 Å². The van der Waals surface area contributed by atoms with Crippen LogP contribution in [-0.4, -0.2) is 61.0 Å². The van der Waals surface area contributed by atoms with E-state index in [1.807, 2.05) is 23.1 Å². The molecule has 0 radical (unpaired) electrons. The lowest BCUT2D eigenvalue weighted by molar-refractivity contribution is -0.133. The van der Waals surface area contributed by atoms with E-state index in [9.17, 15) is 9.59 Å². The first-order valence-corrected chi connectivity index (χ1v) is 13.8. The van der Waals surface area contributed by atoms with Crippen molar-refractivity contribution >= 4 is 29.5 Å². The minimum atomic E-state index is -0.284. The number of benzene rings is 2. The Kier molecular flexibility index (Phi) is 11.6. The molecule has 200 valence electrons. The Morgan fingerprint density at radius 3 is 2.57 bits per heavy atom. The van der Waals surface area contributed by atoms with Gasteiger partial charge in [0, 0.05) is 48.7 Å². The summed E-state index contributed by atoms with van der Waals surface area (Å²) in [5.74, 6) is 0.294. The zero-order valence-electron chi connectivity index (χ0n) is 22.3. The fourth-order valence-electron chi connectivity index (χ4n) is 4.64. The van der Waals surface area contributed by atoms with E-state index in [1.54, 1.807) is 18.2 Å². The number of hydrogen-bond acceptors (Lipinski definition) is 4. The van der Waals surface area contributed by atoms with Crippen molar-refractivity contribution in [2.45, 2.75) is 64.1 Å². The van der Waals surface area contributed by atoms with Crippen molar-refractivity contribution in [2.24, 2.45) is 0 Å². The maximum absolute atomic E-state index is 13.6. The number of hydrogen-bond donors (Lipinski definition) is 3. The van der Waals surface area contributed by atoms with Crippen LogP contribution in [0, 0.1) is 0 Å². The second kappa shape index (κ2) is 14.9. The van der Waals surface area contributed by atoms with E-state index in [-0.39, 0.29) is 23.9 Å². The summed E-state index contributed by atoms with van der Waals surface area (Å²) in [4.78, 5) is 28.1. The van der Waals surface area contributed by atoms with E-state index < -0.39 is 0 Å². The quantitative estimate of drug-likeness (QED) is 0.354. The van der Waals surface area contributed by atoms with Crippen molar-refractivity contribution in [3.63, 3.8) is 0 Å². The van der Waals surface area contributed by atoms with Crippen LogP contribution in [0.5, 0.6) is 0 Å². The lowest BCUT2D eigenvalue weighted by atomic mass is 9.95. The first-order valence-electron chi connectivity index (χ1n) is 13.4. The number of nitrogens with zero attached hydrogens (tertiary/aromatic N) is 1. The summed E-state index contributed by atoms with van der Waals surface area (Å²) >= 11 is 5.93. The third-order valence-corrected chi connectivity index (χ3v) is 7.06. The fraction of sp³-hybridized carbons (Fsp3) is 0.467. The Balaban J connectivity index is 1.63. The zero-order valence-corrected chi connectivity index (χ0v) is 23.0. The molecule has 0 aromatic heterocycles. The minimum Gasteiger partial charge on any atom is -0.351 e. The summed E-state index contributed by atoms with van der Waals surface area (Å²) in [6.07, 6.45) is 5.77. The van der Waals surface area contributed by atoms with Crippen molar-refractivity contribution in [3.05, 3.63) is 76.8 Å². The minimum absolute atomic E-state index is 0.0164. The smallest absolute Gasteiger partial charge is 0.244 e. The third-order valence-electron chi connectivity index (χ3n) is 6.80. The van der Waals surface area contributed by atoms with Crippen molar-refractivity contribution in [3.8, 4) is 0 Å². The normalized spacial score (nSPS) is 19.3. The van der Waals surface area contributed by atoms with Crippen LogP contribution in [0.4, 0.5) is 0 Å². The molecule has 3 N–H and O–H groups in total. The Morgan fingerprint density at radius 1 is 1.16 bits per heavy atom. The molecule has 2 unspecified atom stereocenters. The SMILES string of the molecule is CC[C@H](CN1CCC(CNC(=O)/C=C/c2ccc(Cl)cc2)NC(CCNC(C)C)C1=O)c1ccccc1. The van der Waals surface area contributed by atoms with Crippen LogP contribution < -0.4 is 16.0 Å². The highest BCUT2D eigenvalue weighted by Gasteiger charge is 2.31. The third kappa shape index (κ3) is 9.62. The van der Waals surface area contributed by atoms with Crippen molar-refractivity contribution < 1.29 is 9.59 Å². The van der Waals surface area contributed by atoms with Crippen LogP contribution in [0.1, 0.15) is 57.1 Å². The Hall–Kier alpha value is -2.67. The van der Waals surface area contributed by atoms with Crippen molar-refractivity contribution in [1.29, 1.82) is 0 Å². The molecule has 2 aromatic carbocycles. The van der Waals surface area contributed by atoms with Gasteiger partial charge in [-0.25, -0.2) is 0 Å². The van der Waals surface area contributed by atoms with E-state index in [0.717, 1.165) is 24.9 Å². The molecule has 2 amide bonds. The molecule has 1 fully saturated rings. The number of amides is 2. The Bertz CT molecular complexity index is 1010. The standard InChI is InChI=1S/C30H41ClN4O2/c1-4-24(25-8-6-5-7-9-25)21-35-19-17-27(34-28(30(35)37)16-18-32-22(2)3)20-33-29(36)15-12-23-10-13-26(31)14-11-23/h5-15,22,24,27-28,32,34H,4,16-21H2,1-3H3,(H,33,36)/b15-12+/t24-,27?,28?/m1/s1. The average molecular weight is 525 g/mol. The number of halogens is 1. The van der Waals surface area contributed by atoms with Gasteiger partial charge >= 0.3 is 0 Å². The molecule has 0 aliphatic carbocycles. The van der Waals surface area contributed by atoms with Gasteiger partial charge in [-0.05, 0) is 55.1 Å². The van der Waals surface area contributed by atoms with Gasteiger partial charge in [-0.1, -0.05) is 74.8 Å². The van der Waals surface area contributed by atoms with Crippen LogP contribution in [0.25, 0.3) is 6.08 Å². The maximum atomic E-state index is 13.6. The molecule has 1 aliphatic heterocycles. The van der Waals surface area contributed by atoms with Gasteiger partial charge in [0.1, 0.15) is 0 Å². The topological polar surface area (TPSA) is 73.5 Å². The predicted octanol–water partition coefficient (Wildman–Crippen LogP) is 4.61. The highest BCUT2D eigenvalue weighted by atomic mass is 35.5. The van der Waals surface area contributed by atoms with Gasteiger partial charge < -0.3 is 20.9 Å². The molecule has 3 rings (SSSR count). The molecule has 0 spiro atoms. The summed E-state index contributed by atoms with van der Waals surface area (Å²) in [6, 6.07) is 17.9. The molecule has 6 nitrogen and oxygen atoms in total. The van der Waals surface area contributed by atoms with Crippen LogP contribution in [0.3, 0.4) is 0 Å². The van der Waals surface area contributed by atoms with Crippen LogP contribution in [0.15, 0.2) is 60.7 Å². The number of nitrogens with one attached hydrogen (secondary N) is 3. The lowest BCUT2D eigenvalue weighted by Crippen LogP contribution is -2.50. The molecule has 1 aliphatic rings. The van der Waals surface area contributed by atoms with Gasteiger partial charge in [0.2, 0.25) is 11.8 Å². The molecular formula is C30H41ClN4O2. The summed E-state index contributed by atoms with van der Waals surface area (Å²) < 4.78 is 0. The Morgan fingerprint density at radius 2 is 1.89 bits per heavy atom. The molecule has 0 bridgehead atoms. The highest BCUT2D eigenvalue weighted by molar-refractivity contribution is 6.30. The van der Waals surface area contributed by atoms with Crippen LogP contribution in [0.2, 0.25) is 5.02 Å². The molecule has 7 heteroatoms. The van der Waals surface area contributed by atoms with E-state index in [4.69, 9.17) is 11.6 Å². The van der Waals surface area contributed by atoms with Gasteiger partial charge in [-0.3, -0.25) is 9.59 Å². The molecular weight excluding hydrogens is 484 g/mol. The molecule has 3 atom stereocenters. The van der Waals surface area contributed by atoms with Crippen molar-refractivity contribution in [2.75, 3.05) is 26.2 Å². The first kappa shape index (κ1) is 28.9. The molecule has 0 saturated carbocycles. The number of rotatable bonds is 12. The zero-order chi connectivity index (χ0) is 26.6. The van der Waals surface area contributed by atoms with Gasteiger partial charge in [-0.15, -0.1) is 0 Å². The second-order valence-corrected chi connectivity index (χ2v) is 10.5. The molecule has 1 saturated heterocycles. The van der Waals surface area contributed by atoms with E-state index in [0.29, 0.717) is 43.0 Å². The maximum Gasteiger partial charge on any atom is 0.244 e. The van der Waals surface area contributed by atoms with Crippen LogP contribution >= 0.6 is 11.6 Å². The largest absolute Gasteiger partial charge is 0.351 e. The highest BCUT2D eigenvalue weighted by Crippen LogP contribution is 2.22. The second-order valence-electron chi connectivity index (χ2n) is 10.0. The predicted molar refractivity (Wildman–Crippen MR) is 153 cm³/mol. The van der Waals surface area contributed by atoms with Gasteiger partial charge in [-0.2, -0.15) is 0 Å². The monoisotopic (exact) mass is 524 g/mol. The van der Waals surface area contributed by atoms with Gasteiger partial charge in [0.05, 0.1) is 6.04 Å². The summed E-state index contributed by atoms with van der Waals surface area (Å²) in [5, 5.41) is 10.6. The molecule has 2 aromatic rings.